The maximum absolute atomic E-state index is 13.9. The Morgan fingerprint density at radius 2 is 0.920 bits per heavy atom. The van der Waals surface area contributed by atoms with Crippen molar-refractivity contribution in [2.75, 3.05) is 55.3 Å². The van der Waals surface area contributed by atoms with Gasteiger partial charge in [0, 0.05) is 40.2 Å². The molecule has 4 aromatic heterocycles. The molecule has 0 saturated carbocycles. The summed E-state index contributed by atoms with van der Waals surface area (Å²) in [5.41, 5.74) is -0.801. The van der Waals surface area contributed by atoms with Crippen LogP contribution in [-0.2, 0) is 14.3 Å². The van der Waals surface area contributed by atoms with Crippen molar-refractivity contribution in [2.45, 2.75) is 57.8 Å². The molecule has 0 fully saturated rings. The summed E-state index contributed by atoms with van der Waals surface area (Å²) >= 11 is 0. The first kappa shape index (κ1) is 63.2. The molecule has 0 aliphatic rings. The van der Waals surface area contributed by atoms with Gasteiger partial charge in [0.25, 0.3) is 11.8 Å². The van der Waals surface area contributed by atoms with Crippen LogP contribution in [0.25, 0.3) is 11.0 Å². The second kappa shape index (κ2) is 27.5. The van der Waals surface area contributed by atoms with Crippen LogP contribution in [0.2, 0.25) is 0 Å². The maximum atomic E-state index is 13.9. The van der Waals surface area contributed by atoms with Crippen LogP contribution < -0.4 is 45.3 Å². The molecule has 0 bridgehead atoms. The average Bonchev–Trinajstić information content (AvgIpc) is 1.83. The summed E-state index contributed by atoms with van der Waals surface area (Å²) in [5, 5.41) is 20.5. The number of carboxylic acid groups (broad SMARTS) is 1. The summed E-state index contributed by atoms with van der Waals surface area (Å²) in [6.07, 6.45) is -3.09. The number of hydrogen-bond acceptors (Lipinski definition) is 16. The fraction of sp³-hybridized carbons (Fsp3) is 0.233. The number of aromatic nitrogens is 4. The monoisotopic (exact) mass is 1220 g/mol. The molecule has 4 N–H and O–H groups in total. The van der Waals surface area contributed by atoms with Gasteiger partial charge in [0.15, 0.2) is 23.3 Å². The largest absolute Gasteiger partial charge is 0.545 e. The Balaban J connectivity index is 0.812. The number of ketones is 2. The summed E-state index contributed by atoms with van der Waals surface area (Å²) < 4.78 is 108. The fourth-order valence-corrected chi connectivity index (χ4v) is 8.76. The molecule has 0 aliphatic heterocycles. The van der Waals surface area contributed by atoms with Gasteiger partial charge in [-0.3, -0.25) is 37.6 Å². The summed E-state index contributed by atoms with van der Waals surface area (Å²) in [6, 6.07) is 24.1. The number of alkyl halides is 6. The number of carbonyl (C=O) groups is 8. The van der Waals surface area contributed by atoms with Gasteiger partial charge in [-0.05, 0) is 117 Å². The van der Waals surface area contributed by atoms with Crippen LogP contribution in [0.4, 0.5) is 49.4 Å². The molecule has 458 valence electrons. The number of benzene rings is 4. The molecule has 0 aliphatic carbocycles. The number of anilines is 4. The Morgan fingerprint density at radius 3 is 1.33 bits per heavy atom. The molecule has 4 amide bonds. The molecule has 0 atom stereocenters. The second-order valence-corrected chi connectivity index (χ2v) is 19.1. The molecule has 0 radical (unpaired) electrons. The highest BCUT2D eigenvalue weighted by atomic mass is 19.4. The van der Waals surface area contributed by atoms with E-state index in [0.29, 0.717) is 37.6 Å². The summed E-state index contributed by atoms with van der Waals surface area (Å²) in [4.78, 5) is 111. The zero-order chi connectivity index (χ0) is 63.5. The molecule has 4 heterocycles. The topological polar surface area (TPSA) is 288 Å². The van der Waals surface area contributed by atoms with Crippen LogP contribution >= 0.6 is 0 Å². The minimum absolute atomic E-state index is 0.0115. The fourth-order valence-electron chi connectivity index (χ4n) is 8.76. The zero-order valence-corrected chi connectivity index (χ0v) is 46.7. The van der Waals surface area contributed by atoms with E-state index in [-0.39, 0.29) is 97.2 Å². The van der Waals surface area contributed by atoms with Gasteiger partial charge in [0.2, 0.25) is 11.6 Å². The molecule has 0 unspecified atom stereocenters. The quantitative estimate of drug-likeness (QED) is 0.0170. The van der Waals surface area contributed by atoms with Crippen molar-refractivity contribution >= 4 is 81.2 Å². The number of ether oxygens (including phenoxy) is 5. The van der Waals surface area contributed by atoms with Crippen LogP contribution in [0, 0.1) is 0 Å². The number of halogens is 6. The van der Waals surface area contributed by atoms with Gasteiger partial charge in [-0.1, -0.05) is 37.8 Å². The molecule has 22 nitrogen and oxygen atoms in total. The summed E-state index contributed by atoms with van der Waals surface area (Å²) in [6.45, 7) is 2.33. The van der Waals surface area contributed by atoms with Gasteiger partial charge < -0.3 is 54.9 Å². The number of carboxylic acids is 1. The van der Waals surface area contributed by atoms with Gasteiger partial charge in [0.1, 0.15) is 23.0 Å². The highest BCUT2D eigenvalue weighted by molar-refractivity contribution is 6.13. The van der Waals surface area contributed by atoms with Crippen LogP contribution in [0.5, 0.6) is 23.0 Å². The van der Waals surface area contributed by atoms with Crippen molar-refractivity contribution in [2.24, 2.45) is 0 Å². The van der Waals surface area contributed by atoms with E-state index < -0.39 is 59.5 Å². The lowest BCUT2D eigenvalue weighted by Gasteiger charge is -2.12. The van der Waals surface area contributed by atoms with Gasteiger partial charge >= 0.3 is 30.1 Å². The number of hydrogen-bond donors (Lipinski definition) is 4. The normalized spacial score (nSPS) is 11.4. The van der Waals surface area contributed by atoms with Gasteiger partial charge in [-0.25, -0.2) is 14.8 Å². The van der Waals surface area contributed by atoms with Crippen molar-refractivity contribution < 1.29 is 93.5 Å². The lowest BCUT2D eigenvalue weighted by molar-refractivity contribution is -0.255. The number of nitrogens with one attached hydrogen (secondary N) is 4. The number of rotatable bonds is 26. The predicted molar refractivity (Wildman–Crippen MR) is 300 cm³/mol. The molecule has 0 spiro atoms. The number of nitrogens with zero attached hydrogens (tertiary/aromatic N) is 4. The molecular weight excluding hydrogens is 1170 g/mol. The molecular formula is C60H51F6N8O14-. The minimum atomic E-state index is -5.20. The number of amides is 4. The molecule has 0 saturated heterocycles. The Kier molecular flexibility index (Phi) is 19.8. The van der Waals surface area contributed by atoms with E-state index in [1.54, 1.807) is 41.8 Å². The third-order valence-electron chi connectivity index (χ3n) is 13.1. The van der Waals surface area contributed by atoms with Crippen LogP contribution in [0.15, 0.2) is 122 Å². The molecule has 8 rings (SSSR count). The van der Waals surface area contributed by atoms with Crippen molar-refractivity contribution in [1.29, 1.82) is 0 Å². The standard InChI is InChI=1S/C60H52F6N8O14/c1-4-86-56(81)38-22-24-74-44(30-38)50(70-52(74)48(76)34-18-20-42(46(32-34)85-3)68-58(83)60(64,65)66)72-54(78)36-14-12-16-40(28-36)88-26-10-8-6-5-7-9-25-87-39-15-11-13-35(27-39)53(77)71-49-43-29-37(55(79)80)21-23-73(43)51(69-49)47(75)33-17-19-41(45(31-33)84-2)67-57(82)59(61,62)63/h11-24,27-32H,4-10,25-26H2,1-3H3,(H,67,82)(H,68,83)(H,71,77)(H,72,78)(H,79,80)/p-1. The van der Waals surface area contributed by atoms with Crippen LogP contribution in [0.1, 0.15) is 119 Å². The lowest BCUT2D eigenvalue weighted by atomic mass is 10.1. The zero-order valence-electron chi connectivity index (χ0n) is 46.7. The van der Waals surface area contributed by atoms with Crippen molar-refractivity contribution in [1.82, 2.24) is 18.8 Å². The van der Waals surface area contributed by atoms with E-state index >= 15 is 0 Å². The van der Waals surface area contributed by atoms with Gasteiger partial charge in [-0.15, -0.1) is 0 Å². The maximum Gasteiger partial charge on any atom is 0.471 e. The number of aromatic carboxylic acids is 1. The molecule has 28 heteroatoms. The highest BCUT2D eigenvalue weighted by Gasteiger charge is 2.40. The summed E-state index contributed by atoms with van der Waals surface area (Å²) in [5.74, 6) is -10.4. The Morgan fingerprint density at radius 1 is 0.500 bits per heavy atom. The molecule has 4 aromatic carbocycles. The van der Waals surface area contributed by atoms with Crippen LogP contribution in [-0.4, -0.2) is 112 Å². The van der Waals surface area contributed by atoms with E-state index in [9.17, 15) is 69.8 Å². The number of esters is 1. The third kappa shape index (κ3) is 15.2. The number of imidazole rings is 2. The van der Waals surface area contributed by atoms with Crippen molar-refractivity contribution in [3.05, 3.63) is 167 Å². The van der Waals surface area contributed by atoms with E-state index in [2.05, 4.69) is 20.6 Å². The number of unbranched alkanes of at least 4 members (excludes halogenated alkanes) is 5. The van der Waals surface area contributed by atoms with E-state index in [1.165, 1.54) is 57.6 Å². The first-order valence-electron chi connectivity index (χ1n) is 26.7. The van der Waals surface area contributed by atoms with E-state index in [0.717, 1.165) is 88.4 Å². The van der Waals surface area contributed by atoms with E-state index in [1.807, 2.05) is 0 Å². The van der Waals surface area contributed by atoms with Gasteiger partial charge in [0.05, 0.1) is 68.0 Å². The first-order chi connectivity index (χ1) is 42.0. The van der Waals surface area contributed by atoms with E-state index in [4.69, 9.17) is 23.7 Å². The number of pyridine rings is 2. The summed E-state index contributed by atoms with van der Waals surface area (Å²) in [7, 11) is 2.24. The smallest absolute Gasteiger partial charge is 0.471 e. The number of carbonyl (C=O) groups excluding carboxylic acids is 8. The Labute approximate surface area is 494 Å². The molecule has 8 aromatic rings. The van der Waals surface area contributed by atoms with Crippen LogP contribution in [0.3, 0.4) is 0 Å². The average molecular weight is 1220 g/mol. The third-order valence-corrected chi connectivity index (χ3v) is 13.1. The lowest BCUT2D eigenvalue weighted by Crippen LogP contribution is -2.30. The number of methoxy groups -OCH3 is 2. The predicted octanol–water partition coefficient (Wildman–Crippen LogP) is 9.31. The van der Waals surface area contributed by atoms with Crippen molar-refractivity contribution in [3.8, 4) is 23.0 Å². The highest BCUT2D eigenvalue weighted by Crippen LogP contribution is 2.33. The van der Waals surface area contributed by atoms with Crippen molar-refractivity contribution in [3.63, 3.8) is 0 Å². The van der Waals surface area contributed by atoms with Gasteiger partial charge in [-0.2, -0.15) is 26.3 Å². The Hall–Kier alpha value is -10.8. The first-order valence-corrected chi connectivity index (χ1v) is 26.7. The SMILES string of the molecule is CCOC(=O)c1ccn2c(C(=O)c3ccc(NC(=O)C(F)(F)F)c(OC)c3)nc(NC(=O)c3cccc(OCCCCCCCCOc4cccc(C(=O)Nc5nc(C(=O)c6ccc(NC(=O)C(F)(F)F)c(OC)c6)n6ccc(C(=O)[O-])cc56)c4)c3)c2c1. The molecule has 88 heavy (non-hydrogen) atoms. The number of fused-ring (bicyclic) bond motifs is 2. The second-order valence-electron chi connectivity index (χ2n) is 19.1. The Bertz CT molecular complexity index is 4010. The minimum Gasteiger partial charge on any atom is -0.545 e.